The number of nitrogens with one attached hydrogen (secondary N) is 1. The first kappa shape index (κ1) is 15.7. The monoisotopic (exact) mass is 295 g/mol. The van der Waals surface area contributed by atoms with Crippen LogP contribution in [0, 0.1) is 0 Å². The molecular formula is C15H18ClNOS. The summed E-state index contributed by atoms with van der Waals surface area (Å²) in [7, 11) is 0. The molecule has 19 heavy (non-hydrogen) atoms. The highest BCUT2D eigenvalue weighted by molar-refractivity contribution is 7.09. The third kappa shape index (κ3) is 4.69. The van der Waals surface area contributed by atoms with Gasteiger partial charge in [0.25, 0.3) is 5.91 Å². The topological polar surface area (TPSA) is 29.1 Å². The van der Waals surface area contributed by atoms with Gasteiger partial charge in [0.05, 0.1) is 0 Å². The third-order valence-corrected chi connectivity index (χ3v) is 3.69. The lowest BCUT2D eigenvalue weighted by molar-refractivity contribution is 0.0940. The van der Waals surface area contributed by atoms with E-state index in [1.807, 2.05) is 18.4 Å². The molecule has 0 aliphatic rings. The number of amides is 1. The zero-order valence-corrected chi connectivity index (χ0v) is 11.6. The Morgan fingerprint density at radius 3 is 2.79 bits per heavy atom. The molecule has 0 saturated heterocycles. The maximum atomic E-state index is 12.0. The lowest BCUT2D eigenvalue weighted by Gasteiger charge is -2.13. The van der Waals surface area contributed by atoms with E-state index in [2.05, 4.69) is 11.4 Å². The molecule has 2 aromatic rings. The van der Waals surface area contributed by atoms with Crippen molar-refractivity contribution >= 4 is 28.8 Å². The standard InChI is InChI=1S/C14H14ClNOS.CH4/c1-10(8-13-6-3-7-18-13)16-14(17)11-4-2-5-12(15)9-11;/h2-7,9-10H,8H2,1H3,(H,16,17);1H4. The maximum absolute atomic E-state index is 12.0. The van der Waals surface area contributed by atoms with Crippen LogP contribution in [0.5, 0.6) is 0 Å². The van der Waals surface area contributed by atoms with E-state index >= 15 is 0 Å². The number of rotatable bonds is 4. The van der Waals surface area contributed by atoms with Gasteiger partial charge in [0.2, 0.25) is 0 Å². The molecular weight excluding hydrogens is 278 g/mol. The summed E-state index contributed by atoms with van der Waals surface area (Å²) in [5, 5.41) is 5.59. The molecule has 0 bridgehead atoms. The molecule has 1 aromatic carbocycles. The molecule has 1 amide bonds. The molecule has 0 fully saturated rings. The predicted octanol–water partition coefficient (Wildman–Crippen LogP) is 4.40. The summed E-state index contributed by atoms with van der Waals surface area (Å²) < 4.78 is 0. The number of halogens is 1. The van der Waals surface area contributed by atoms with E-state index < -0.39 is 0 Å². The summed E-state index contributed by atoms with van der Waals surface area (Å²) in [4.78, 5) is 13.2. The van der Waals surface area contributed by atoms with Gasteiger partial charge < -0.3 is 5.32 Å². The Kier molecular flexibility index (Phi) is 6.06. The van der Waals surface area contributed by atoms with Crippen molar-refractivity contribution in [2.24, 2.45) is 0 Å². The van der Waals surface area contributed by atoms with E-state index in [9.17, 15) is 4.79 Å². The van der Waals surface area contributed by atoms with Gasteiger partial charge in [-0.15, -0.1) is 11.3 Å². The quantitative estimate of drug-likeness (QED) is 0.890. The van der Waals surface area contributed by atoms with E-state index in [4.69, 9.17) is 11.6 Å². The zero-order valence-electron chi connectivity index (χ0n) is 10.0. The van der Waals surface area contributed by atoms with Crippen LogP contribution in [0.3, 0.4) is 0 Å². The van der Waals surface area contributed by atoms with E-state index in [0.717, 1.165) is 6.42 Å². The molecule has 2 nitrogen and oxygen atoms in total. The molecule has 2 rings (SSSR count). The number of carbonyl (C=O) groups is 1. The number of hydrogen-bond acceptors (Lipinski definition) is 2. The second-order valence-electron chi connectivity index (χ2n) is 4.17. The van der Waals surface area contributed by atoms with Gasteiger partial charge in [0.1, 0.15) is 0 Å². The van der Waals surface area contributed by atoms with Crippen LogP contribution in [0.15, 0.2) is 41.8 Å². The second kappa shape index (κ2) is 7.31. The number of carbonyl (C=O) groups excluding carboxylic acids is 1. The normalized spacial score (nSPS) is 11.5. The molecule has 0 spiro atoms. The maximum Gasteiger partial charge on any atom is 0.251 e. The fraction of sp³-hybridized carbons (Fsp3) is 0.267. The van der Waals surface area contributed by atoms with E-state index in [0.29, 0.717) is 10.6 Å². The van der Waals surface area contributed by atoms with Crippen molar-refractivity contribution in [2.45, 2.75) is 26.8 Å². The Balaban J connectivity index is 0.00000180. The Labute approximate surface area is 123 Å². The molecule has 0 saturated carbocycles. The van der Waals surface area contributed by atoms with Crippen molar-refractivity contribution in [3.8, 4) is 0 Å². The van der Waals surface area contributed by atoms with Crippen molar-refractivity contribution < 1.29 is 4.79 Å². The molecule has 0 aliphatic carbocycles. The van der Waals surface area contributed by atoms with Crippen LogP contribution >= 0.6 is 22.9 Å². The van der Waals surface area contributed by atoms with Gasteiger partial charge >= 0.3 is 0 Å². The lowest BCUT2D eigenvalue weighted by atomic mass is 10.1. The van der Waals surface area contributed by atoms with Gasteiger partial charge in [-0.3, -0.25) is 4.79 Å². The van der Waals surface area contributed by atoms with Gasteiger partial charge in [-0.25, -0.2) is 0 Å². The number of thiophene rings is 1. The van der Waals surface area contributed by atoms with Crippen molar-refractivity contribution in [2.75, 3.05) is 0 Å². The highest BCUT2D eigenvalue weighted by Gasteiger charge is 2.10. The molecule has 0 aliphatic heterocycles. The molecule has 1 heterocycles. The average molecular weight is 296 g/mol. The van der Waals surface area contributed by atoms with Crippen molar-refractivity contribution in [3.63, 3.8) is 0 Å². The summed E-state index contributed by atoms with van der Waals surface area (Å²) in [6.07, 6.45) is 0.851. The van der Waals surface area contributed by atoms with Crippen LogP contribution in [0.25, 0.3) is 0 Å². The van der Waals surface area contributed by atoms with Crippen LogP contribution in [0.2, 0.25) is 5.02 Å². The van der Waals surface area contributed by atoms with E-state index in [-0.39, 0.29) is 19.4 Å². The van der Waals surface area contributed by atoms with Crippen LogP contribution in [0.1, 0.15) is 29.6 Å². The van der Waals surface area contributed by atoms with Crippen LogP contribution in [0.4, 0.5) is 0 Å². The SMILES string of the molecule is C.CC(Cc1cccs1)NC(=O)c1cccc(Cl)c1. The number of hydrogen-bond donors (Lipinski definition) is 1. The van der Waals surface area contributed by atoms with Crippen LogP contribution in [-0.2, 0) is 6.42 Å². The summed E-state index contributed by atoms with van der Waals surface area (Å²) in [6, 6.07) is 11.2. The minimum Gasteiger partial charge on any atom is -0.349 e. The van der Waals surface area contributed by atoms with Crippen molar-refractivity contribution in [1.29, 1.82) is 0 Å². The first-order valence-electron chi connectivity index (χ1n) is 5.74. The minimum absolute atomic E-state index is 0. The summed E-state index contributed by atoms with van der Waals surface area (Å²) >= 11 is 7.57. The molecule has 1 aromatic heterocycles. The third-order valence-electron chi connectivity index (χ3n) is 2.55. The first-order valence-corrected chi connectivity index (χ1v) is 7.00. The second-order valence-corrected chi connectivity index (χ2v) is 5.64. The van der Waals surface area contributed by atoms with Gasteiger partial charge in [-0.05, 0) is 36.6 Å². The van der Waals surface area contributed by atoms with E-state index in [1.165, 1.54) is 4.88 Å². The highest BCUT2D eigenvalue weighted by atomic mass is 35.5. The van der Waals surface area contributed by atoms with Gasteiger partial charge in [-0.2, -0.15) is 0 Å². The summed E-state index contributed by atoms with van der Waals surface area (Å²) in [5.74, 6) is -0.0819. The molecule has 1 unspecified atom stereocenters. The molecule has 4 heteroatoms. The predicted molar refractivity (Wildman–Crippen MR) is 83.1 cm³/mol. The van der Waals surface area contributed by atoms with Crippen LogP contribution in [-0.4, -0.2) is 11.9 Å². The fourth-order valence-corrected chi connectivity index (χ4v) is 2.74. The highest BCUT2D eigenvalue weighted by Crippen LogP contribution is 2.13. The van der Waals surface area contributed by atoms with Crippen LogP contribution < -0.4 is 5.32 Å². The van der Waals surface area contributed by atoms with Gasteiger partial charge in [0, 0.05) is 27.9 Å². The Morgan fingerprint density at radius 1 is 1.37 bits per heavy atom. The van der Waals surface area contributed by atoms with Gasteiger partial charge in [0.15, 0.2) is 0 Å². The van der Waals surface area contributed by atoms with E-state index in [1.54, 1.807) is 35.6 Å². The van der Waals surface area contributed by atoms with Crippen molar-refractivity contribution in [3.05, 3.63) is 57.2 Å². The molecule has 1 N–H and O–H groups in total. The molecule has 0 radical (unpaired) electrons. The Bertz CT molecular complexity index is 525. The summed E-state index contributed by atoms with van der Waals surface area (Å²) in [6.45, 7) is 2.00. The Morgan fingerprint density at radius 2 is 2.16 bits per heavy atom. The number of benzene rings is 1. The first-order chi connectivity index (χ1) is 8.65. The molecule has 1 atom stereocenters. The Hall–Kier alpha value is -1.32. The molecule has 102 valence electrons. The van der Waals surface area contributed by atoms with Gasteiger partial charge in [-0.1, -0.05) is 31.2 Å². The lowest BCUT2D eigenvalue weighted by Crippen LogP contribution is -2.33. The minimum atomic E-state index is -0.0819. The average Bonchev–Trinajstić information content (AvgIpc) is 2.81. The zero-order chi connectivity index (χ0) is 13.0. The van der Waals surface area contributed by atoms with Crippen molar-refractivity contribution in [1.82, 2.24) is 5.32 Å². The largest absolute Gasteiger partial charge is 0.349 e. The smallest absolute Gasteiger partial charge is 0.251 e. The summed E-state index contributed by atoms with van der Waals surface area (Å²) in [5.41, 5.74) is 0.598. The fourth-order valence-electron chi connectivity index (χ4n) is 1.72.